The molecule has 0 bridgehead atoms. The van der Waals surface area contributed by atoms with E-state index in [1.54, 1.807) is 11.3 Å². The number of rotatable bonds is 5. The second kappa shape index (κ2) is 10.4. The molecule has 0 unspecified atom stereocenters. The van der Waals surface area contributed by atoms with Crippen molar-refractivity contribution in [3.8, 4) is 11.1 Å². The second-order valence-corrected chi connectivity index (χ2v) is 10.1. The highest BCUT2D eigenvalue weighted by atomic mass is 35.5. The maximum absolute atomic E-state index is 13.3. The van der Waals surface area contributed by atoms with Gasteiger partial charge in [0.05, 0.1) is 6.42 Å². The summed E-state index contributed by atoms with van der Waals surface area (Å²) in [6.07, 6.45) is 8.04. The Balaban J connectivity index is 0.00000245. The first-order valence-electron chi connectivity index (χ1n) is 11.8. The van der Waals surface area contributed by atoms with Crippen LogP contribution in [-0.2, 0) is 11.2 Å². The number of likely N-dealkylation sites (tertiary alicyclic amines) is 1. The van der Waals surface area contributed by atoms with E-state index >= 15 is 0 Å². The van der Waals surface area contributed by atoms with Crippen LogP contribution in [0.1, 0.15) is 44.1 Å². The molecule has 170 valence electrons. The summed E-state index contributed by atoms with van der Waals surface area (Å²) in [5.74, 6) is 0.256. The third kappa shape index (κ3) is 4.73. The van der Waals surface area contributed by atoms with Gasteiger partial charge in [0.25, 0.3) is 0 Å². The maximum Gasteiger partial charge on any atom is 0.227 e. The lowest BCUT2D eigenvalue weighted by Gasteiger charge is -2.42. The summed E-state index contributed by atoms with van der Waals surface area (Å²) in [6, 6.07) is 18.0. The lowest BCUT2D eigenvalue weighted by molar-refractivity contribution is -0.133. The number of carbonyl (C=O) groups is 1. The topological polar surface area (TPSA) is 23.6 Å². The molecular formula is C27H33ClN2OS. The van der Waals surface area contributed by atoms with Crippen LogP contribution in [-0.4, -0.2) is 47.9 Å². The molecule has 0 spiro atoms. The average molecular weight is 469 g/mol. The van der Waals surface area contributed by atoms with E-state index in [0.29, 0.717) is 18.5 Å². The lowest BCUT2D eigenvalue weighted by Crippen LogP contribution is -2.53. The molecule has 5 rings (SSSR count). The molecule has 1 aliphatic carbocycles. The van der Waals surface area contributed by atoms with Gasteiger partial charge < -0.3 is 4.90 Å². The molecule has 1 aliphatic heterocycles. The van der Waals surface area contributed by atoms with Crippen LogP contribution in [0.5, 0.6) is 0 Å². The van der Waals surface area contributed by atoms with Crippen LogP contribution in [0, 0.1) is 0 Å². The fraction of sp³-hybridized carbons (Fsp3) is 0.444. The van der Waals surface area contributed by atoms with Crippen LogP contribution < -0.4 is 0 Å². The lowest BCUT2D eigenvalue weighted by atomic mass is 9.88. The maximum atomic E-state index is 13.3. The summed E-state index contributed by atoms with van der Waals surface area (Å²) in [4.78, 5) is 18.0. The van der Waals surface area contributed by atoms with Gasteiger partial charge in [0.1, 0.15) is 0 Å². The first kappa shape index (κ1) is 23.3. The van der Waals surface area contributed by atoms with Gasteiger partial charge in [-0.1, -0.05) is 49.2 Å². The zero-order valence-corrected chi connectivity index (χ0v) is 20.5. The van der Waals surface area contributed by atoms with Crippen LogP contribution in [0.15, 0.2) is 53.9 Å². The molecule has 1 aromatic heterocycles. The van der Waals surface area contributed by atoms with Gasteiger partial charge >= 0.3 is 0 Å². The Morgan fingerprint density at radius 1 is 1.03 bits per heavy atom. The van der Waals surface area contributed by atoms with Gasteiger partial charge in [-0.25, -0.2) is 0 Å². The molecule has 3 nitrogen and oxygen atoms in total. The summed E-state index contributed by atoms with van der Waals surface area (Å²) in [6.45, 7) is 2.42. The van der Waals surface area contributed by atoms with Gasteiger partial charge in [-0.15, -0.1) is 23.7 Å². The number of thiophene rings is 1. The molecule has 2 aliphatic rings. The summed E-state index contributed by atoms with van der Waals surface area (Å²) in [5, 5.41) is 3.50. The third-order valence-electron chi connectivity index (χ3n) is 7.27. The van der Waals surface area contributed by atoms with Crippen molar-refractivity contribution >= 4 is 39.7 Å². The molecule has 1 amide bonds. The Morgan fingerprint density at radius 2 is 1.78 bits per heavy atom. The summed E-state index contributed by atoms with van der Waals surface area (Å²) >= 11 is 1.78. The first-order chi connectivity index (χ1) is 15.2. The Morgan fingerprint density at radius 3 is 2.56 bits per heavy atom. The quantitative estimate of drug-likeness (QED) is 0.432. The fourth-order valence-corrected chi connectivity index (χ4v) is 6.50. The zero-order valence-electron chi connectivity index (χ0n) is 18.8. The number of carbonyl (C=O) groups excluding carboxylic acids is 1. The number of likely N-dealkylation sites (N-methyl/N-ethyl adjacent to an activating group) is 1. The molecule has 1 saturated carbocycles. The van der Waals surface area contributed by atoms with Crippen LogP contribution in [0.2, 0.25) is 0 Å². The van der Waals surface area contributed by atoms with Gasteiger partial charge in [0, 0.05) is 34.8 Å². The molecule has 2 atom stereocenters. The molecule has 2 aromatic carbocycles. The van der Waals surface area contributed by atoms with E-state index in [2.05, 4.69) is 63.7 Å². The van der Waals surface area contributed by atoms with E-state index in [1.807, 2.05) is 7.05 Å². The molecular weight excluding hydrogens is 436 g/mol. The number of amides is 1. The SMILES string of the molecule is CN(C(=O)Cc1ccc2scc(-c3ccccc3)c2c1)[C@@H]1CCCC[C@H]1N1CCCC1.Cl. The number of fused-ring (bicyclic) bond motifs is 1. The number of hydrogen-bond donors (Lipinski definition) is 0. The fourth-order valence-electron chi connectivity index (χ4n) is 5.55. The molecule has 0 radical (unpaired) electrons. The van der Waals surface area contributed by atoms with E-state index in [0.717, 1.165) is 12.0 Å². The number of halogens is 1. The number of nitrogens with zero attached hydrogens (tertiary/aromatic N) is 2. The monoisotopic (exact) mass is 468 g/mol. The molecule has 0 N–H and O–H groups in total. The van der Waals surface area contributed by atoms with Gasteiger partial charge in [0.15, 0.2) is 0 Å². The van der Waals surface area contributed by atoms with Gasteiger partial charge in [0.2, 0.25) is 5.91 Å². The van der Waals surface area contributed by atoms with Crippen LogP contribution >= 0.6 is 23.7 Å². The van der Waals surface area contributed by atoms with E-state index in [-0.39, 0.29) is 18.3 Å². The summed E-state index contributed by atoms with van der Waals surface area (Å²) in [5.41, 5.74) is 3.63. The van der Waals surface area contributed by atoms with E-state index in [4.69, 9.17) is 0 Å². The highest BCUT2D eigenvalue weighted by Gasteiger charge is 2.35. The van der Waals surface area contributed by atoms with Crippen molar-refractivity contribution < 1.29 is 4.79 Å². The largest absolute Gasteiger partial charge is 0.341 e. The van der Waals surface area contributed by atoms with Gasteiger partial charge in [-0.05, 0) is 67.4 Å². The van der Waals surface area contributed by atoms with E-state index < -0.39 is 0 Å². The number of hydrogen-bond acceptors (Lipinski definition) is 3. The van der Waals surface area contributed by atoms with Crippen molar-refractivity contribution in [1.29, 1.82) is 0 Å². The standard InChI is InChI=1S/C27H32N2OS.ClH/c1-28(24-11-5-6-12-25(24)29-15-7-8-16-29)27(30)18-20-13-14-26-22(17-20)23(19-31-26)21-9-3-2-4-10-21;/h2-4,9-10,13-14,17,19,24-25H,5-8,11-12,15-16,18H2,1H3;1H/t24-,25-;/m1./s1. The first-order valence-corrected chi connectivity index (χ1v) is 12.6. The van der Waals surface area contributed by atoms with Gasteiger partial charge in [-0.2, -0.15) is 0 Å². The molecule has 2 fully saturated rings. The van der Waals surface area contributed by atoms with Crippen molar-refractivity contribution in [3.05, 3.63) is 59.5 Å². The minimum atomic E-state index is 0. The van der Waals surface area contributed by atoms with Crippen molar-refractivity contribution in [2.45, 2.75) is 57.0 Å². The Labute approximate surface area is 201 Å². The zero-order chi connectivity index (χ0) is 21.2. The third-order valence-corrected chi connectivity index (χ3v) is 8.24. The Hall–Kier alpha value is -1.88. The highest BCUT2D eigenvalue weighted by molar-refractivity contribution is 7.17. The predicted molar refractivity (Wildman–Crippen MR) is 138 cm³/mol. The van der Waals surface area contributed by atoms with Crippen LogP contribution in [0.3, 0.4) is 0 Å². The number of benzene rings is 2. The normalized spacial score (nSPS) is 21.4. The Bertz CT molecular complexity index is 1040. The summed E-state index contributed by atoms with van der Waals surface area (Å²) < 4.78 is 1.28. The van der Waals surface area contributed by atoms with Crippen molar-refractivity contribution in [3.63, 3.8) is 0 Å². The minimum Gasteiger partial charge on any atom is -0.341 e. The molecule has 5 heteroatoms. The molecule has 2 heterocycles. The summed E-state index contributed by atoms with van der Waals surface area (Å²) in [7, 11) is 2.04. The highest BCUT2D eigenvalue weighted by Crippen LogP contribution is 2.35. The van der Waals surface area contributed by atoms with Gasteiger partial charge in [-0.3, -0.25) is 9.69 Å². The van der Waals surface area contributed by atoms with Crippen molar-refractivity contribution in [2.75, 3.05) is 20.1 Å². The molecule has 3 aromatic rings. The smallest absolute Gasteiger partial charge is 0.227 e. The van der Waals surface area contributed by atoms with Crippen LogP contribution in [0.4, 0.5) is 0 Å². The van der Waals surface area contributed by atoms with Crippen molar-refractivity contribution in [1.82, 2.24) is 9.80 Å². The van der Waals surface area contributed by atoms with E-state index in [1.165, 1.54) is 66.4 Å². The molecule has 32 heavy (non-hydrogen) atoms. The Kier molecular flexibility index (Phi) is 7.55. The predicted octanol–water partition coefficient (Wildman–Crippen LogP) is 6.40. The minimum absolute atomic E-state index is 0. The second-order valence-electron chi connectivity index (χ2n) is 9.19. The molecule has 1 saturated heterocycles. The van der Waals surface area contributed by atoms with Crippen LogP contribution in [0.25, 0.3) is 21.2 Å². The van der Waals surface area contributed by atoms with E-state index in [9.17, 15) is 4.79 Å². The van der Waals surface area contributed by atoms with Crippen molar-refractivity contribution in [2.24, 2.45) is 0 Å². The average Bonchev–Trinajstić information content (AvgIpc) is 3.49.